The van der Waals surface area contributed by atoms with Gasteiger partial charge in [-0.2, -0.15) is 0 Å². The summed E-state index contributed by atoms with van der Waals surface area (Å²) in [4.78, 5) is 19.2. The molecule has 6 nitrogen and oxygen atoms in total. The number of hydrogen-bond donors (Lipinski definition) is 1. The summed E-state index contributed by atoms with van der Waals surface area (Å²) < 4.78 is 6.72. The van der Waals surface area contributed by atoms with Crippen molar-refractivity contribution in [3.63, 3.8) is 0 Å². The Labute approximate surface area is 132 Å². The number of halogens is 1. The summed E-state index contributed by atoms with van der Waals surface area (Å²) in [5, 5.41) is 8.79. The van der Waals surface area contributed by atoms with Crippen molar-refractivity contribution in [2.24, 2.45) is 0 Å². The molecule has 1 aliphatic heterocycles. The van der Waals surface area contributed by atoms with Gasteiger partial charge >= 0.3 is 5.97 Å². The number of nitrogens with zero attached hydrogens (tertiary/aromatic N) is 3. The summed E-state index contributed by atoms with van der Waals surface area (Å²) in [6, 6.07) is 3.99. The maximum atomic E-state index is 10.7. The van der Waals surface area contributed by atoms with Gasteiger partial charge in [-0.15, -0.1) is 0 Å². The third-order valence-corrected chi connectivity index (χ3v) is 4.23. The number of hydrogen-bond acceptors (Lipinski definition) is 5. The number of pyridine rings is 1. The van der Waals surface area contributed by atoms with E-state index in [9.17, 15) is 4.79 Å². The molecule has 1 aromatic heterocycles. The molecule has 21 heavy (non-hydrogen) atoms. The van der Waals surface area contributed by atoms with Crippen LogP contribution < -0.4 is 4.90 Å². The molecule has 1 N–H and O–H groups in total. The summed E-state index contributed by atoms with van der Waals surface area (Å²) in [7, 11) is 1.79. The minimum absolute atomic E-state index is 0.00569. The third-order valence-electron chi connectivity index (χ3n) is 3.39. The predicted molar refractivity (Wildman–Crippen MR) is 83.8 cm³/mol. The molecule has 0 spiro atoms. The SMILES string of the molecule is Cc1nc(N2CCOC(CN(C)CC(=O)O)C2)ccc1Br. The standard InChI is InChI=1S/C14H20BrN3O3/c1-10-12(15)3-4-13(16-10)18-5-6-21-11(8-18)7-17(2)9-14(19)20/h3-4,11H,5-9H2,1-2H3,(H,19,20). The lowest BCUT2D eigenvalue weighted by Crippen LogP contribution is -2.48. The molecule has 116 valence electrons. The number of aryl methyl sites for hydroxylation is 1. The fraction of sp³-hybridized carbons (Fsp3) is 0.571. The molecule has 0 aliphatic carbocycles. The smallest absolute Gasteiger partial charge is 0.317 e. The van der Waals surface area contributed by atoms with E-state index in [4.69, 9.17) is 9.84 Å². The van der Waals surface area contributed by atoms with Crippen molar-refractivity contribution in [2.45, 2.75) is 13.0 Å². The number of carbonyl (C=O) groups is 1. The van der Waals surface area contributed by atoms with Gasteiger partial charge in [-0.3, -0.25) is 9.69 Å². The molecule has 2 rings (SSSR count). The normalized spacial score (nSPS) is 19.0. The van der Waals surface area contributed by atoms with Gasteiger partial charge in [0.25, 0.3) is 0 Å². The molecule has 2 heterocycles. The zero-order chi connectivity index (χ0) is 15.4. The van der Waals surface area contributed by atoms with Crippen LogP contribution in [0.4, 0.5) is 5.82 Å². The van der Waals surface area contributed by atoms with Crippen LogP contribution in [0.2, 0.25) is 0 Å². The average Bonchev–Trinajstić information content (AvgIpc) is 2.41. The lowest BCUT2D eigenvalue weighted by Gasteiger charge is -2.35. The zero-order valence-electron chi connectivity index (χ0n) is 12.3. The molecule has 0 bridgehead atoms. The highest BCUT2D eigenvalue weighted by Gasteiger charge is 2.23. The topological polar surface area (TPSA) is 65.9 Å². The molecule has 7 heteroatoms. The van der Waals surface area contributed by atoms with Crippen molar-refractivity contribution in [1.29, 1.82) is 0 Å². The summed E-state index contributed by atoms with van der Waals surface area (Å²) in [5.41, 5.74) is 0.957. The first kappa shape index (κ1) is 16.2. The van der Waals surface area contributed by atoms with E-state index >= 15 is 0 Å². The van der Waals surface area contributed by atoms with E-state index in [0.29, 0.717) is 13.2 Å². The minimum Gasteiger partial charge on any atom is -0.480 e. The van der Waals surface area contributed by atoms with Crippen molar-refractivity contribution in [2.75, 3.05) is 44.7 Å². The molecule has 1 aromatic rings. The van der Waals surface area contributed by atoms with Gasteiger partial charge in [-0.05, 0) is 42.0 Å². The van der Waals surface area contributed by atoms with E-state index < -0.39 is 5.97 Å². The van der Waals surface area contributed by atoms with E-state index in [1.165, 1.54) is 0 Å². The first-order chi connectivity index (χ1) is 9.95. The Morgan fingerprint density at radius 1 is 1.62 bits per heavy atom. The maximum absolute atomic E-state index is 10.7. The quantitative estimate of drug-likeness (QED) is 0.858. The lowest BCUT2D eigenvalue weighted by atomic mass is 10.2. The number of aliphatic carboxylic acids is 1. The van der Waals surface area contributed by atoms with Crippen LogP contribution in [0.15, 0.2) is 16.6 Å². The van der Waals surface area contributed by atoms with Crippen molar-refractivity contribution in [1.82, 2.24) is 9.88 Å². The van der Waals surface area contributed by atoms with Crippen LogP contribution >= 0.6 is 15.9 Å². The second-order valence-electron chi connectivity index (χ2n) is 5.27. The van der Waals surface area contributed by atoms with Crippen LogP contribution in [-0.4, -0.2) is 66.9 Å². The van der Waals surface area contributed by atoms with Crippen LogP contribution in [0, 0.1) is 6.92 Å². The van der Waals surface area contributed by atoms with E-state index in [1.807, 2.05) is 19.1 Å². The molecule has 1 unspecified atom stereocenters. The summed E-state index contributed by atoms with van der Waals surface area (Å²) in [6.45, 7) is 4.73. The Kier molecular flexibility index (Phi) is 5.55. The van der Waals surface area contributed by atoms with Gasteiger partial charge in [0.05, 0.1) is 24.9 Å². The summed E-state index contributed by atoms with van der Waals surface area (Å²) in [6.07, 6.45) is -0.00569. The summed E-state index contributed by atoms with van der Waals surface area (Å²) in [5.74, 6) is 0.111. The number of morpholine rings is 1. The predicted octanol–water partition coefficient (Wildman–Crippen LogP) is 1.37. The molecule has 1 atom stereocenters. The van der Waals surface area contributed by atoms with Gasteiger partial charge in [0, 0.05) is 24.1 Å². The molecule has 0 saturated carbocycles. The van der Waals surface area contributed by atoms with E-state index in [0.717, 1.165) is 29.1 Å². The number of anilines is 1. The Morgan fingerprint density at radius 3 is 3.05 bits per heavy atom. The average molecular weight is 358 g/mol. The second-order valence-corrected chi connectivity index (χ2v) is 6.12. The van der Waals surface area contributed by atoms with Crippen molar-refractivity contribution in [3.05, 3.63) is 22.3 Å². The first-order valence-electron chi connectivity index (χ1n) is 6.85. The van der Waals surface area contributed by atoms with Gasteiger partial charge in [0.2, 0.25) is 0 Å². The Hall–Kier alpha value is -1.18. The van der Waals surface area contributed by atoms with Gasteiger partial charge in [0.1, 0.15) is 5.82 Å². The highest BCUT2D eigenvalue weighted by molar-refractivity contribution is 9.10. The monoisotopic (exact) mass is 357 g/mol. The fourth-order valence-electron chi connectivity index (χ4n) is 2.39. The van der Waals surface area contributed by atoms with E-state index in [-0.39, 0.29) is 12.6 Å². The molecular formula is C14H20BrN3O3. The van der Waals surface area contributed by atoms with Crippen molar-refractivity contribution >= 4 is 27.7 Å². The van der Waals surface area contributed by atoms with Crippen LogP contribution in [-0.2, 0) is 9.53 Å². The van der Waals surface area contributed by atoms with Crippen molar-refractivity contribution in [3.8, 4) is 0 Å². The van der Waals surface area contributed by atoms with Gasteiger partial charge in [-0.1, -0.05) is 0 Å². The molecule has 1 saturated heterocycles. The van der Waals surface area contributed by atoms with Crippen LogP contribution in [0.25, 0.3) is 0 Å². The van der Waals surface area contributed by atoms with Crippen LogP contribution in [0.3, 0.4) is 0 Å². The Morgan fingerprint density at radius 2 is 2.38 bits per heavy atom. The van der Waals surface area contributed by atoms with Crippen LogP contribution in [0.5, 0.6) is 0 Å². The maximum Gasteiger partial charge on any atom is 0.317 e. The summed E-state index contributed by atoms with van der Waals surface area (Å²) >= 11 is 3.45. The Balaban J connectivity index is 1.96. The highest BCUT2D eigenvalue weighted by Crippen LogP contribution is 2.21. The molecule has 1 aliphatic rings. The molecule has 1 fully saturated rings. The number of rotatable bonds is 5. The molecule has 0 radical (unpaired) electrons. The molecule has 0 amide bonds. The number of carboxylic acid groups (broad SMARTS) is 1. The number of ether oxygens (including phenoxy) is 1. The Bertz CT molecular complexity index is 512. The van der Waals surface area contributed by atoms with Crippen LogP contribution in [0.1, 0.15) is 5.69 Å². The highest BCUT2D eigenvalue weighted by atomic mass is 79.9. The molecular weight excluding hydrogens is 338 g/mol. The number of likely N-dealkylation sites (N-methyl/N-ethyl adjacent to an activating group) is 1. The number of aromatic nitrogens is 1. The van der Waals surface area contributed by atoms with E-state index in [1.54, 1.807) is 11.9 Å². The van der Waals surface area contributed by atoms with Gasteiger partial charge < -0.3 is 14.7 Å². The minimum atomic E-state index is -0.824. The van der Waals surface area contributed by atoms with Gasteiger partial charge in [-0.25, -0.2) is 4.98 Å². The van der Waals surface area contributed by atoms with Crippen molar-refractivity contribution < 1.29 is 14.6 Å². The van der Waals surface area contributed by atoms with Gasteiger partial charge in [0.15, 0.2) is 0 Å². The third kappa shape index (κ3) is 4.66. The van der Waals surface area contributed by atoms with E-state index in [2.05, 4.69) is 25.8 Å². The lowest BCUT2D eigenvalue weighted by molar-refractivity contribution is -0.138. The first-order valence-corrected chi connectivity index (χ1v) is 7.65. The number of carboxylic acids is 1. The molecule has 0 aromatic carbocycles. The second kappa shape index (κ2) is 7.20. The zero-order valence-corrected chi connectivity index (χ0v) is 13.8. The fourth-order valence-corrected chi connectivity index (χ4v) is 2.61. The largest absolute Gasteiger partial charge is 0.480 e.